The summed E-state index contributed by atoms with van der Waals surface area (Å²) in [5.74, 6) is 3.63. The van der Waals surface area contributed by atoms with E-state index < -0.39 is 0 Å². The summed E-state index contributed by atoms with van der Waals surface area (Å²) in [4.78, 5) is 11.7. The molecule has 0 aromatic carbocycles. The van der Waals surface area contributed by atoms with E-state index in [-0.39, 0.29) is 5.60 Å². The zero-order valence-electron chi connectivity index (χ0n) is 14.4. The summed E-state index contributed by atoms with van der Waals surface area (Å²) in [5.41, 5.74) is 1.92. The highest BCUT2D eigenvalue weighted by Gasteiger charge is 2.61. The average molecular weight is 302 g/mol. The van der Waals surface area contributed by atoms with Crippen molar-refractivity contribution in [3.05, 3.63) is 11.6 Å². The van der Waals surface area contributed by atoms with Gasteiger partial charge in [0.2, 0.25) is 0 Å². The fraction of sp³-hybridized carbons (Fsp3) is 0.850. The molecule has 0 aromatic rings. The van der Waals surface area contributed by atoms with Crippen molar-refractivity contribution < 1.29 is 9.53 Å². The molecule has 4 aliphatic rings. The average Bonchev–Trinajstić information content (AvgIpc) is 2.79. The second kappa shape index (κ2) is 4.93. The standard InChI is InChI=1S/C20H30O2/c1-19-10-8-16-15-7-5-14(21)12-13(15)4-6-17(16)18(19)9-11-20(19,2)22-3/h12,15-18H,4-11H2,1-3H3/t15-,16+,17+,18-,19-,20-/m0/s1. The Kier molecular flexibility index (Phi) is 3.35. The third-order valence-electron chi connectivity index (χ3n) is 8.28. The normalized spacial score (nSPS) is 50.9. The van der Waals surface area contributed by atoms with Crippen LogP contribution in [0.25, 0.3) is 0 Å². The fourth-order valence-corrected chi connectivity index (χ4v) is 6.74. The third-order valence-corrected chi connectivity index (χ3v) is 8.28. The van der Waals surface area contributed by atoms with Gasteiger partial charge < -0.3 is 4.74 Å². The Bertz CT molecular complexity index is 522. The summed E-state index contributed by atoms with van der Waals surface area (Å²) in [6.07, 6.45) is 11.6. The molecule has 4 aliphatic carbocycles. The van der Waals surface area contributed by atoms with Gasteiger partial charge in [0.15, 0.2) is 5.78 Å². The Morgan fingerprint density at radius 3 is 2.64 bits per heavy atom. The lowest BCUT2D eigenvalue weighted by molar-refractivity contribution is -0.128. The van der Waals surface area contributed by atoms with Crippen LogP contribution < -0.4 is 0 Å². The largest absolute Gasteiger partial charge is 0.378 e. The second-order valence-corrected chi connectivity index (χ2v) is 8.73. The maximum absolute atomic E-state index is 11.7. The zero-order chi connectivity index (χ0) is 15.5. The van der Waals surface area contributed by atoms with Crippen LogP contribution in [0.2, 0.25) is 0 Å². The Hall–Kier alpha value is -0.630. The minimum absolute atomic E-state index is 0.0707. The summed E-state index contributed by atoms with van der Waals surface area (Å²) >= 11 is 0. The second-order valence-electron chi connectivity index (χ2n) is 8.73. The molecule has 0 saturated heterocycles. The highest BCUT2D eigenvalue weighted by molar-refractivity contribution is 5.91. The molecule has 0 spiro atoms. The van der Waals surface area contributed by atoms with Crippen LogP contribution in [0.3, 0.4) is 0 Å². The topological polar surface area (TPSA) is 26.3 Å². The maximum Gasteiger partial charge on any atom is 0.155 e. The van der Waals surface area contributed by atoms with Gasteiger partial charge in [-0.2, -0.15) is 0 Å². The molecule has 3 fully saturated rings. The molecule has 6 atom stereocenters. The molecule has 0 unspecified atom stereocenters. The molecule has 2 heteroatoms. The van der Waals surface area contributed by atoms with Crippen LogP contribution >= 0.6 is 0 Å². The number of fused-ring (bicyclic) bond motifs is 5. The monoisotopic (exact) mass is 302 g/mol. The molecule has 122 valence electrons. The highest BCUT2D eigenvalue weighted by Crippen LogP contribution is 2.65. The molecule has 0 aliphatic heterocycles. The molecule has 0 amide bonds. The van der Waals surface area contributed by atoms with Gasteiger partial charge in [0.05, 0.1) is 5.60 Å². The third kappa shape index (κ3) is 1.85. The number of ketones is 1. The van der Waals surface area contributed by atoms with Crippen molar-refractivity contribution in [3.63, 3.8) is 0 Å². The van der Waals surface area contributed by atoms with Crippen LogP contribution in [0.15, 0.2) is 11.6 Å². The van der Waals surface area contributed by atoms with Crippen molar-refractivity contribution in [1.29, 1.82) is 0 Å². The number of ether oxygens (including phenoxy) is 1. The van der Waals surface area contributed by atoms with Gasteiger partial charge in [0.1, 0.15) is 0 Å². The van der Waals surface area contributed by atoms with Crippen LogP contribution in [0.5, 0.6) is 0 Å². The quantitative estimate of drug-likeness (QED) is 0.711. The van der Waals surface area contributed by atoms with Crippen LogP contribution in [0.4, 0.5) is 0 Å². The Morgan fingerprint density at radius 1 is 1.05 bits per heavy atom. The molecule has 22 heavy (non-hydrogen) atoms. The molecule has 2 nitrogen and oxygen atoms in total. The van der Waals surface area contributed by atoms with Crippen LogP contribution in [0.1, 0.15) is 65.2 Å². The molecule has 0 heterocycles. The van der Waals surface area contributed by atoms with E-state index in [4.69, 9.17) is 4.74 Å². The summed E-state index contributed by atoms with van der Waals surface area (Å²) in [6.45, 7) is 4.85. The van der Waals surface area contributed by atoms with Crippen molar-refractivity contribution in [3.8, 4) is 0 Å². The van der Waals surface area contributed by atoms with E-state index in [1.807, 2.05) is 13.2 Å². The van der Waals surface area contributed by atoms with E-state index in [1.54, 1.807) is 0 Å². The number of allylic oxidation sites excluding steroid dienone is 1. The molecular formula is C20H30O2. The first-order chi connectivity index (χ1) is 10.5. The molecule has 0 radical (unpaired) electrons. The Balaban J connectivity index is 1.63. The Morgan fingerprint density at radius 2 is 1.86 bits per heavy atom. The first-order valence-corrected chi connectivity index (χ1v) is 9.27. The molecular weight excluding hydrogens is 272 g/mol. The van der Waals surface area contributed by atoms with Gasteiger partial charge in [0, 0.05) is 13.5 Å². The van der Waals surface area contributed by atoms with Crippen molar-refractivity contribution in [1.82, 2.24) is 0 Å². The van der Waals surface area contributed by atoms with Gasteiger partial charge in [-0.05, 0) is 87.0 Å². The lowest BCUT2D eigenvalue weighted by atomic mass is 9.51. The van der Waals surface area contributed by atoms with Gasteiger partial charge in [-0.15, -0.1) is 0 Å². The van der Waals surface area contributed by atoms with Gasteiger partial charge >= 0.3 is 0 Å². The van der Waals surface area contributed by atoms with Gasteiger partial charge in [-0.3, -0.25) is 4.79 Å². The smallest absolute Gasteiger partial charge is 0.155 e. The Labute approximate surface area is 134 Å². The SMILES string of the molecule is CO[C@@]1(C)CC[C@H]2[C@@H]3CCC4=CC(=O)CC[C@@H]4[C@H]3CC[C@@]21C. The number of carbonyl (C=O) groups excluding carboxylic acids is 1. The van der Waals surface area contributed by atoms with E-state index in [1.165, 1.54) is 44.1 Å². The van der Waals surface area contributed by atoms with E-state index in [2.05, 4.69) is 13.8 Å². The molecule has 0 N–H and O–H groups in total. The number of rotatable bonds is 1. The molecule has 0 aromatic heterocycles. The van der Waals surface area contributed by atoms with Crippen LogP contribution in [-0.4, -0.2) is 18.5 Å². The first kappa shape index (κ1) is 14.9. The van der Waals surface area contributed by atoms with Gasteiger partial charge in [-0.1, -0.05) is 12.5 Å². The predicted molar refractivity (Wildman–Crippen MR) is 87.5 cm³/mol. The van der Waals surface area contributed by atoms with Crippen molar-refractivity contribution in [2.45, 2.75) is 70.8 Å². The summed E-state index contributed by atoms with van der Waals surface area (Å²) in [6, 6.07) is 0. The summed E-state index contributed by atoms with van der Waals surface area (Å²) < 4.78 is 6.02. The van der Waals surface area contributed by atoms with Crippen LogP contribution in [0, 0.1) is 29.1 Å². The summed E-state index contributed by atoms with van der Waals surface area (Å²) in [7, 11) is 1.91. The lowest BCUT2D eigenvalue weighted by Gasteiger charge is -2.55. The van der Waals surface area contributed by atoms with Crippen molar-refractivity contribution >= 4 is 5.78 Å². The predicted octanol–water partition coefficient (Wildman–Crippen LogP) is 4.53. The summed E-state index contributed by atoms with van der Waals surface area (Å²) in [5, 5.41) is 0. The van der Waals surface area contributed by atoms with E-state index in [9.17, 15) is 4.79 Å². The highest BCUT2D eigenvalue weighted by atomic mass is 16.5. The van der Waals surface area contributed by atoms with E-state index in [0.717, 1.165) is 36.5 Å². The van der Waals surface area contributed by atoms with Crippen molar-refractivity contribution in [2.75, 3.05) is 7.11 Å². The first-order valence-electron chi connectivity index (χ1n) is 9.27. The maximum atomic E-state index is 11.7. The fourth-order valence-electron chi connectivity index (χ4n) is 6.74. The minimum Gasteiger partial charge on any atom is -0.378 e. The number of hydrogen-bond acceptors (Lipinski definition) is 2. The van der Waals surface area contributed by atoms with Crippen molar-refractivity contribution in [2.24, 2.45) is 29.1 Å². The van der Waals surface area contributed by atoms with E-state index in [0.29, 0.717) is 11.2 Å². The number of methoxy groups -OCH3 is 1. The van der Waals surface area contributed by atoms with E-state index >= 15 is 0 Å². The van der Waals surface area contributed by atoms with Gasteiger partial charge in [0.25, 0.3) is 0 Å². The number of hydrogen-bond donors (Lipinski definition) is 0. The van der Waals surface area contributed by atoms with Crippen LogP contribution in [-0.2, 0) is 9.53 Å². The number of carbonyl (C=O) groups is 1. The zero-order valence-corrected chi connectivity index (χ0v) is 14.4. The molecule has 0 bridgehead atoms. The lowest BCUT2D eigenvalue weighted by Crippen LogP contribution is -2.52. The van der Waals surface area contributed by atoms with Gasteiger partial charge in [-0.25, -0.2) is 0 Å². The molecule has 3 saturated carbocycles. The molecule has 4 rings (SSSR count). The minimum atomic E-state index is 0.0707.